The number of carbonyl (C=O) groups excluding carboxylic acids is 4. The molecule has 0 aromatic heterocycles. The van der Waals surface area contributed by atoms with E-state index in [1.165, 1.54) is 161 Å². The Balaban J connectivity index is 5.29. The van der Waals surface area contributed by atoms with E-state index in [2.05, 4.69) is 72.8 Å². The van der Waals surface area contributed by atoms with Gasteiger partial charge in [-0.15, -0.1) is 0 Å². The minimum absolute atomic E-state index is 0.100. The molecular formula is C78H148O17P2. The van der Waals surface area contributed by atoms with Crippen molar-refractivity contribution in [3.8, 4) is 0 Å². The van der Waals surface area contributed by atoms with Crippen LogP contribution >= 0.6 is 15.6 Å². The van der Waals surface area contributed by atoms with Crippen molar-refractivity contribution in [3.05, 3.63) is 24.3 Å². The van der Waals surface area contributed by atoms with E-state index in [4.69, 9.17) is 37.0 Å². The fraction of sp³-hybridized carbons (Fsp3) is 0.897. The quantitative estimate of drug-likeness (QED) is 0.0169. The molecule has 0 bridgehead atoms. The van der Waals surface area contributed by atoms with E-state index in [1.54, 1.807) is 0 Å². The van der Waals surface area contributed by atoms with Crippen LogP contribution in [0.25, 0.3) is 0 Å². The van der Waals surface area contributed by atoms with E-state index in [1.807, 2.05) is 0 Å². The second-order valence-electron chi connectivity index (χ2n) is 28.4. The second kappa shape index (κ2) is 68.0. The van der Waals surface area contributed by atoms with Gasteiger partial charge in [-0.2, -0.15) is 0 Å². The highest BCUT2D eigenvalue weighted by Gasteiger charge is 2.30. The number of hydrogen-bond donors (Lipinski definition) is 3. The number of esters is 4. The molecule has 572 valence electrons. The first-order chi connectivity index (χ1) is 46.8. The van der Waals surface area contributed by atoms with Crippen molar-refractivity contribution in [2.45, 2.75) is 394 Å². The summed E-state index contributed by atoms with van der Waals surface area (Å²) in [6, 6.07) is 0. The molecule has 0 heterocycles. The Bertz CT molecular complexity index is 1990. The predicted octanol–water partition coefficient (Wildman–Crippen LogP) is 22.5. The zero-order chi connectivity index (χ0) is 71.6. The van der Waals surface area contributed by atoms with Gasteiger partial charge in [0, 0.05) is 25.7 Å². The summed E-state index contributed by atoms with van der Waals surface area (Å²) in [6.45, 7) is 11.9. The first kappa shape index (κ1) is 94.5. The number of aliphatic hydroxyl groups is 1. The molecule has 19 heteroatoms. The summed E-state index contributed by atoms with van der Waals surface area (Å²) >= 11 is 0. The Labute approximate surface area is 592 Å². The molecule has 0 spiro atoms. The van der Waals surface area contributed by atoms with Crippen LogP contribution in [0.15, 0.2) is 24.3 Å². The highest BCUT2D eigenvalue weighted by atomic mass is 31.2. The van der Waals surface area contributed by atoms with Gasteiger partial charge in [0.05, 0.1) is 26.4 Å². The third kappa shape index (κ3) is 69.1. The van der Waals surface area contributed by atoms with Crippen molar-refractivity contribution in [2.75, 3.05) is 39.6 Å². The second-order valence-corrected chi connectivity index (χ2v) is 31.3. The molecule has 0 aliphatic heterocycles. The third-order valence-corrected chi connectivity index (χ3v) is 20.1. The summed E-state index contributed by atoms with van der Waals surface area (Å²) in [5, 5.41) is 10.6. The summed E-state index contributed by atoms with van der Waals surface area (Å²) in [6.07, 6.45) is 57.6. The molecule has 0 rings (SSSR count). The Morgan fingerprint density at radius 2 is 0.608 bits per heavy atom. The van der Waals surface area contributed by atoms with Crippen LogP contribution in [0.5, 0.6) is 0 Å². The Hall–Kier alpha value is -2.46. The van der Waals surface area contributed by atoms with Gasteiger partial charge in [0.25, 0.3) is 0 Å². The average molecular weight is 1420 g/mol. The van der Waals surface area contributed by atoms with Crippen LogP contribution in [-0.2, 0) is 65.4 Å². The highest BCUT2D eigenvalue weighted by Crippen LogP contribution is 2.45. The molecule has 0 aliphatic carbocycles. The van der Waals surface area contributed by atoms with Crippen molar-refractivity contribution in [1.29, 1.82) is 0 Å². The summed E-state index contributed by atoms with van der Waals surface area (Å²) in [7, 11) is -9.93. The SMILES string of the molecule is CCCCCC/C=C\C=C/CCCCCCCC(=O)OC[C@H](COP(=O)(O)OCC(O)COP(=O)(O)OC[C@@H](COC(=O)CCCCCCCCCC(C)C)OC(=O)CCCCCCCCCCCCC(C)CC)OC(=O)CCCCCCCCCCCCCCCCC(C)CC. The lowest BCUT2D eigenvalue weighted by Gasteiger charge is -2.21. The minimum atomic E-state index is -4.97. The number of phosphoric ester groups is 2. The third-order valence-electron chi connectivity index (χ3n) is 18.2. The zero-order valence-electron chi connectivity index (χ0n) is 63.0. The molecule has 0 amide bonds. The average Bonchev–Trinajstić information content (AvgIpc) is 1.10. The van der Waals surface area contributed by atoms with Gasteiger partial charge in [-0.05, 0) is 69.1 Å². The molecule has 0 aromatic carbocycles. The normalized spacial score (nSPS) is 14.8. The number of carbonyl (C=O) groups is 4. The van der Waals surface area contributed by atoms with Crippen molar-refractivity contribution < 1.29 is 80.2 Å². The number of hydrogen-bond acceptors (Lipinski definition) is 15. The van der Waals surface area contributed by atoms with Crippen LogP contribution in [0.3, 0.4) is 0 Å². The van der Waals surface area contributed by atoms with Gasteiger partial charge in [0.1, 0.15) is 19.3 Å². The van der Waals surface area contributed by atoms with Gasteiger partial charge in [-0.25, -0.2) is 9.13 Å². The maximum Gasteiger partial charge on any atom is 0.472 e. The molecule has 17 nitrogen and oxygen atoms in total. The molecule has 0 radical (unpaired) electrons. The fourth-order valence-corrected chi connectivity index (χ4v) is 12.9. The van der Waals surface area contributed by atoms with Crippen molar-refractivity contribution in [3.63, 3.8) is 0 Å². The molecule has 0 fully saturated rings. The van der Waals surface area contributed by atoms with Crippen molar-refractivity contribution in [2.24, 2.45) is 17.8 Å². The number of rotatable bonds is 74. The summed E-state index contributed by atoms with van der Waals surface area (Å²) in [4.78, 5) is 72.9. The molecule has 0 saturated heterocycles. The Kier molecular flexibility index (Phi) is 66.3. The van der Waals surface area contributed by atoms with Crippen LogP contribution in [0, 0.1) is 17.8 Å². The topological polar surface area (TPSA) is 237 Å². The molecule has 97 heavy (non-hydrogen) atoms. The van der Waals surface area contributed by atoms with E-state index >= 15 is 0 Å². The van der Waals surface area contributed by atoms with E-state index in [9.17, 15) is 43.2 Å². The zero-order valence-corrected chi connectivity index (χ0v) is 64.8. The fourth-order valence-electron chi connectivity index (χ4n) is 11.4. The molecule has 3 N–H and O–H groups in total. The molecular weight excluding hydrogens is 1270 g/mol. The number of aliphatic hydroxyl groups excluding tert-OH is 1. The van der Waals surface area contributed by atoms with E-state index in [0.29, 0.717) is 31.6 Å². The summed E-state index contributed by atoms with van der Waals surface area (Å²) < 4.78 is 68.6. The molecule has 0 saturated carbocycles. The van der Waals surface area contributed by atoms with Crippen LogP contribution in [0.1, 0.15) is 376 Å². The van der Waals surface area contributed by atoms with Crippen LogP contribution in [0.4, 0.5) is 0 Å². The monoisotopic (exact) mass is 1420 g/mol. The summed E-state index contributed by atoms with van der Waals surface area (Å²) in [5.74, 6) is 0.202. The van der Waals surface area contributed by atoms with Gasteiger partial charge >= 0.3 is 39.5 Å². The van der Waals surface area contributed by atoms with Gasteiger partial charge in [0.2, 0.25) is 0 Å². The molecule has 0 aromatic rings. The standard InChI is InChI=1S/C78H148O17P2/c1-8-11-12-13-14-15-16-17-18-22-25-31-38-45-52-59-75(80)88-65-73(94-77(82)61-54-47-39-32-26-23-20-19-21-24-29-36-43-50-57-70(6)9-2)67-92-96(84,85)90-63-72(79)64-91-97(86,87)93-68-74(66-89-76(81)60-53-46-41-34-35-42-49-56-69(4)5)95-78(83)62-55-48-40-33-28-27-30-37-44-51-58-71(7)10-3/h15-18,69-74,79H,8-14,19-68H2,1-7H3,(H,84,85)(H,86,87)/b16-15-,18-17-/t70?,71?,72?,73-,74-/m1/s1. The van der Waals surface area contributed by atoms with Gasteiger partial charge < -0.3 is 33.8 Å². The minimum Gasteiger partial charge on any atom is -0.462 e. The molecule has 7 atom stereocenters. The predicted molar refractivity (Wildman–Crippen MR) is 395 cm³/mol. The Morgan fingerprint density at radius 1 is 0.340 bits per heavy atom. The lowest BCUT2D eigenvalue weighted by molar-refractivity contribution is -0.161. The number of allylic oxidation sites excluding steroid dienone is 4. The van der Waals surface area contributed by atoms with Crippen LogP contribution in [-0.4, -0.2) is 96.7 Å². The summed E-state index contributed by atoms with van der Waals surface area (Å²) in [5.41, 5.74) is 0. The lowest BCUT2D eigenvalue weighted by atomic mass is 9.99. The maximum absolute atomic E-state index is 13.1. The molecule has 0 aliphatic rings. The molecule has 5 unspecified atom stereocenters. The van der Waals surface area contributed by atoms with Crippen LogP contribution in [0.2, 0.25) is 0 Å². The van der Waals surface area contributed by atoms with E-state index < -0.39 is 97.5 Å². The lowest BCUT2D eigenvalue weighted by Crippen LogP contribution is -2.30. The van der Waals surface area contributed by atoms with E-state index in [-0.39, 0.29) is 25.7 Å². The first-order valence-electron chi connectivity index (χ1n) is 39.7. The number of phosphoric acid groups is 2. The number of unbranched alkanes of at least 4 members (excludes halogenated alkanes) is 37. The van der Waals surface area contributed by atoms with Gasteiger partial charge in [-0.3, -0.25) is 37.3 Å². The Morgan fingerprint density at radius 3 is 0.918 bits per heavy atom. The number of ether oxygens (including phenoxy) is 4. The van der Waals surface area contributed by atoms with Gasteiger partial charge in [-0.1, -0.05) is 323 Å². The smallest absolute Gasteiger partial charge is 0.462 e. The van der Waals surface area contributed by atoms with Crippen LogP contribution < -0.4 is 0 Å². The van der Waals surface area contributed by atoms with Gasteiger partial charge in [0.15, 0.2) is 12.2 Å². The van der Waals surface area contributed by atoms with Crippen molar-refractivity contribution in [1.82, 2.24) is 0 Å². The maximum atomic E-state index is 13.1. The largest absolute Gasteiger partial charge is 0.472 e. The van der Waals surface area contributed by atoms with E-state index in [0.717, 1.165) is 127 Å². The highest BCUT2D eigenvalue weighted by molar-refractivity contribution is 7.47. The first-order valence-corrected chi connectivity index (χ1v) is 42.7. The van der Waals surface area contributed by atoms with Crippen molar-refractivity contribution >= 4 is 39.5 Å².